The summed E-state index contributed by atoms with van der Waals surface area (Å²) in [4.78, 5) is 0. The first-order chi connectivity index (χ1) is 13.9. The van der Waals surface area contributed by atoms with Gasteiger partial charge in [-0.3, -0.25) is 0 Å². The van der Waals surface area contributed by atoms with E-state index in [-0.39, 0.29) is 24.8 Å². The zero-order valence-corrected chi connectivity index (χ0v) is 22.1. The summed E-state index contributed by atoms with van der Waals surface area (Å²) in [5.41, 5.74) is 3.16. The van der Waals surface area contributed by atoms with Gasteiger partial charge in [0, 0.05) is 0 Å². The van der Waals surface area contributed by atoms with Crippen molar-refractivity contribution in [1.82, 2.24) is 0 Å². The Hall–Kier alpha value is -0.227. The molecule has 0 saturated heterocycles. The van der Waals surface area contributed by atoms with Gasteiger partial charge in [-0.15, -0.1) is 24.8 Å². The molecule has 4 aliphatic rings. The van der Waals surface area contributed by atoms with Crippen LogP contribution in [0.3, 0.4) is 0 Å². The van der Waals surface area contributed by atoms with Crippen LogP contribution in [0.4, 0.5) is 0 Å². The Morgan fingerprint density at radius 3 is 2.03 bits per heavy atom. The number of halogens is 2. The molecule has 1 atom stereocenters. The van der Waals surface area contributed by atoms with Crippen molar-refractivity contribution >= 4 is 34.1 Å². The van der Waals surface area contributed by atoms with Crippen molar-refractivity contribution in [3.05, 3.63) is 63.0 Å². The predicted molar refractivity (Wildman–Crippen MR) is 133 cm³/mol. The van der Waals surface area contributed by atoms with Crippen LogP contribution in [-0.4, -0.2) is 3.21 Å². The van der Waals surface area contributed by atoms with Crippen LogP contribution in [0.2, 0.25) is 0 Å². The van der Waals surface area contributed by atoms with Gasteiger partial charge in [-0.25, -0.2) is 0 Å². The van der Waals surface area contributed by atoms with Crippen molar-refractivity contribution in [2.45, 2.75) is 74.3 Å². The fourth-order valence-corrected chi connectivity index (χ4v) is 16.3. The number of hydrogen-bond donors (Lipinski definition) is 0. The summed E-state index contributed by atoms with van der Waals surface area (Å²) < 4.78 is 4.81. The van der Waals surface area contributed by atoms with E-state index in [1.54, 1.807) is 5.56 Å². The number of fused-ring (bicyclic) bond motifs is 1. The third kappa shape index (κ3) is 5.05. The Morgan fingerprint density at radius 2 is 1.43 bits per heavy atom. The van der Waals surface area contributed by atoms with Crippen LogP contribution in [0.5, 0.6) is 0 Å². The molecule has 30 heavy (non-hydrogen) atoms. The van der Waals surface area contributed by atoms with Gasteiger partial charge < -0.3 is 0 Å². The summed E-state index contributed by atoms with van der Waals surface area (Å²) in [5.74, 6) is 1.91. The molecule has 1 unspecified atom stereocenters. The van der Waals surface area contributed by atoms with Crippen molar-refractivity contribution < 1.29 is 21.3 Å². The van der Waals surface area contributed by atoms with E-state index in [9.17, 15) is 0 Å². The second-order valence-electron chi connectivity index (χ2n) is 9.33. The molecule has 0 amide bonds. The predicted octanol–water partition coefficient (Wildman–Crippen LogP) is 8.39. The van der Waals surface area contributed by atoms with Gasteiger partial charge in [0.1, 0.15) is 0 Å². The minimum Gasteiger partial charge on any atom is -0.147 e. The fourth-order valence-electron chi connectivity index (χ4n) is 6.31. The van der Waals surface area contributed by atoms with Crippen LogP contribution in [0.1, 0.15) is 85.4 Å². The summed E-state index contributed by atoms with van der Waals surface area (Å²) in [6.45, 7) is 0. The monoisotopic (exact) mass is 520 g/mol. The Kier molecular flexibility index (Phi) is 9.43. The van der Waals surface area contributed by atoms with Gasteiger partial charge in [-0.1, -0.05) is 0 Å². The first kappa shape index (κ1) is 24.4. The van der Waals surface area contributed by atoms with E-state index >= 15 is 0 Å². The van der Waals surface area contributed by atoms with Crippen LogP contribution in [0.25, 0.3) is 6.08 Å². The van der Waals surface area contributed by atoms with Gasteiger partial charge in [0.15, 0.2) is 0 Å². The van der Waals surface area contributed by atoms with E-state index in [1.807, 2.05) is 3.28 Å². The molecule has 3 heteroatoms. The third-order valence-electron chi connectivity index (χ3n) is 7.63. The van der Waals surface area contributed by atoms with Crippen LogP contribution in [0.15, 0.2) is 51.9 Å². The van der Waals surface area contributed by atoms with E-state index in [0.717, 1.165) is 15.5 Å². The molecule has 0 nitrogen and oxygen atoms in total. The molecule has 5 rings (SSSR count). The Labute approximate surface area is 203 Å². The number of benzene rings is 1. The molecule has 162 valence electrons. The Balaban J connectivity index is 0.00000128. The van der Waals surface area contributed by atoms with E-state index in [4.69, 9.17) is 0 Å². The molecular weight excluding hydrogens is 486 g/mol. The van der Waals surface area contributed by atoms with Crippen LogP contribution in [0, 0.1) is 11.8 Å². The summed E-state index contributed by atoms with van der Waals surface area (Å²) in [7, 11) is 0. The van der Waals surface area contributed by atoms with Gasteiger partial charge in [0.25, 0.3) is 0 Å². The zero-order valence-electron chi connectivity index (χ0n) is 18.0. The maximum Gasteiger partial charge on any atom is -0.147 e. The van der Waals surface area contributed by atoms with Gasteiger partial charge in [0.05, 0.1) is 0 Å². The fraction of sp³-hybridized carbons (Fsp3) is 0.519. The van der Waals surface area contributed by atoms with Crippen molar-refractivity contribution in [3.8, 4) is 0 Å². The molecule has 1 aromatic carbocycles. The molecule has 0 bridgehead atoms. The molecule has 0 aliphatic heterocycles. The molecule has 2 saturated carbocycles. The largest absolute Gasteiger partial charge is 0.147 e. The topological polar surface area (TPSA) is 0 Å². The third-order valence-corrected chi connectivity index (χ3v) is 16.5. The van der Waals surface area contributed by atoms with E-state index in [1.165, 1.54) is 76.2 Å². The van der Waals surface area contributed by atoms with Crippen LogP contribution >= 0.6 is 24.8 Å². The second kappa shape index (κ2) is 11.6. The molecule has 4 aliphatic carbocycles. The average Bonchev–Trinajstić information content (AvgIpc) is 3.44. The number of hydrogen-bond acceptors (Lipinski definition) is 0. The molecule has 0 heterocycles. The normalized spacial score (nSPS) is 23.3. The van der Waals surface area contributed by atoms with E-state index in [0.29, 0.717) is 0 Å². The minimum absolute atomic E-state index is 0. The minimum atomic E-state index is -1.97. The standard InChI is InChI=1S/C13H22.C9H7.C5H5.2ClH.Zr/c1-3-7-12(8-4-1)11-13-9-5-2-6-10-13;1-2-5-9-7-3-6-8(9)4-1;1-2-4-5-3-1;;;/h12-13H,1-10H2;1-7H;1-3H,4H2;2*1H;. The van der Waals surface area contributed by atoms with E-state index in [2.05, 4.69) is 57.9 Å². The number of allylic oxidation sites excluding steroid dienone is 5. The zero-order chi connectivity index (χ0) is 18.8. The average molecular weight is 523 g/mol. The first-order valence-electron chi connectivity index (χ1n) is 11.8. The smallest absolute Gasteiger partial charge is 0.147 e. The molecular formula is C27H36Cl2Zr. The van der Waals surface area contributed by atoms with Crippen molar-refractivity contribution in [2.24, 2.45) is 11.8 Å². The molecule has 1 aromatic rings. The second-order valence-corrected chi connectivity index (χ2v) is 15.9. The summed E-state index contributed by atoms with van der Waals surface area (Å²) in [6.07, 6.45) is 28.5. The molecule has 2 fully saturated rings. The molecule has 0 N–H and O–H groups in total. The first-order valence-corrected chi connectivity index (χ1v) is 15.7. The quantitative estimate of drug-likeness (QED) is 0.372. The Morgan fingerprint density at radius 1 is 0.800 bits per heavy atom. The van der Waals surface area contributed by atoms with Gasteiger partial charge in [-0.05, 0) is 0 Å². The molecule has 0 aromatic heterocycles. The summed E-state index contributed by atoms with van der Waals surface area (Å²) in [5, 5.41) is 0. The van der Waals surface area contributed by atoms with Gasteiger partial charge in [-0.2, -0.15) is 0 Å². The SMILES string of the molecule is C1=CC[C]([Zr](=[C](C2CCCCC2)C2CCCCC2)[CH]2C=Cc3ccccc32)=C1.Cl.Cl. The maximum atomic E-state index is 2.63. The van der Waals surface area contributed by atoms with E-state index < -0.39 is 21.3 Å². The number of rotatable bonds is 4. The molecule has 0 spiro atoms. The van der Waals surface area contributed by atoms with Crippen LogP contribution in [-0.2, 0) is 21.3 Å². The van der Waals surface area contributed by atoms with Crippen LogP contribution < -0.4 is 0 Å². The maximum absolute atomic E-state index is 2.63. The summed E-state index contributed by atoms with van der Waals surface area (Å²) in [6, 6.07) is 9.29. The van der Waals surface area contributed by atoms with Gasteiger partial charge in [0.2, 0.25) is 0 Å². The Bertz CT molecular complexity index is 816. The van der Waals surface area contributed by atoms with Crippen molar-refractivity contribution in [1.29, 1.82) is 0 Å². The van der Waals surface area contributed by atoms with Crippen molar-refractivity contribution in [2.75, 3.05) is 0 Å². The van der Waals surface area contributed by atoms with Crippen molar-refractivity contribution in [3.63, 3.8) is 0 Å². The molecule has 0 radical (unpaired) electrons. The summed E-state index contributed by atoms with van der Waals surface area (Å²) >= 11 is -1.97. The van der Waals surface area contributed by atoms with Gasteiger partial charge >= 0.3 is 180 Å².